The average molecular weight is 295 g/mol. The number of rotatable bonds is 3. The highest BCUT2D eigenvalue weighted by atomic mass is 32.1. The molecule has 0 spiro atoms. The van der Waals surface area contributed by atoms with Crippen molar-refractivity contribution in [3.05, 3.63) is 51.9 Å². The molecule has 3 rings (SSSR count). The molecule has 21 heavy (non-hydrogen) atoms. The molecular weight excluding hydrogens is 282 g/mol. The Labute approximate surface area is 125 Å². The van der Waals surface area contributed by atoms with E-state index in [9.17, 15) is 4.79 Å². The molecule has 104 valence electrons. The number of hydrogen-bond acceptors (Lipinski definition) is 4. The molecule has 0 aliphatic carbocycles. The molecule has 0 atom stereocenters. The summed E-state index contributed by atoms with van der Waals surface area (Å²) in [6.45, 7) is 2.19. The molecule has 0 bridgehead atoms. The van der Waals surface area contributed by atoms with Gasteiger partial charge in [0.05, 0.1) is 17.9 Å². The monoisotopic (exact) mass is 295 g/mol. The Morgan fingerprint density at radius 3 is 2.81 bits per heavy atom. The van der Waals surface area contributed by atoms with E-state index >= 15 is 0 Å². The van der Waals surface area contributed by atoms with Crippen LogP contribution in [-0.2, 0) is 6.54 Å². The third-order valence-electron chi connectivity index (χ3n) is 3.42. The topological polar surface area (TPSA) is 58.7 Å². The highest BCUT2D eigenvalue weighted by Crippen LogP contribution is 2.30. The molecule has 0 fully saturated rings. The molecular formula is C16H13N3OS. The maximum absolute atomic E-state index is 12.7. The van der Waals surface area contributed by atoms with Gasteiger partial charge in [-0.3, -0.25) is 9.36 Å². The van der Waals surface area contributed by atoms with Crippen LogP contribution >= 0.6 is 11.3 Å². The summed E-state index contributed by atoms with van der Waals surface area (Å²) in [5.41, 5.74) is 1.87. The van der Waals surface area contributed by atoms with Crippen LogP contribution in [0.5, 0.6) is 0 Å². The minimum atomic E-state index is -0.0622. The molecule has 5 heteroatoms. The van der Waals surface area contributed by atoms with E-state index in [1.807, 2.05) is 35.7 Å². The van der Waals surface area contributed by atoms with E-state index in [0.29, 0.717) is 24.2 Å². The number of thiophene rings is 1. The average Bonchev–Trinajstić information content (AvgIpc) is 2.92. The predicted octanol–water partition coefficient (Wildman–Crippen LogP) is 3.35. The lowest BCUT2D eigenvalue weighted by atomic mass is 10.1. The highest BCUT2D eigenvalue weighted by Gasteiger charge is 2.14. The molecule has 0 aliphatic rings. The Morgan fingerprint density at radius 2 is 2.10 bits per heavy atom. The summed E-state index contributed by atoms with van der Waals surface area (Å²) in [7, 11) is 0. The molecule has 0 saturated heterocycles. The Balaban J connectivity index is 2.26. The van der Waals surface area contributed by atoms with Crippen molar-refractivity contribution in [2.24, 2.45) is 0 Å². The number of aromatic nitrogens is 2. The zero-order valence-electron chi connectivity index (χ0n) is 11.5. The standard InChI is InChI=1S/C16H13N3OS/c1-11-18-15-14(16(20)19(11)9-5-8-17)13(10-21-15)12-6-3-2-4-7-12/h2-4,6-7,10H,5,9H2,1H3. The third-order valence-corrected chi connectivity index (χ3v) is 4.29. The number of nitrogens with zero attached hydrogens (tertiary/aromatic N) is 3. The number of benzene rings is 1. The van der Waals surface area contributed by atoms with Crippen LogP contribution < -0.4 is 5.56 Å². The lowest BCUT2D eigenvalue weighted by Gasteiger charge is -2.08. The van der Waals surface area contributed by atoms with Crippen LogP contribution in [-0.4, -0.2) is 9.55 Å². The summed E-state index contributed by atoms with van der Waals surface area (Å²) in [6, 6.07) is 11.9. The normalized spacial score (nSPS) is 10.7. The van der Waals surface area contributed by atoms with Gasteiger partial charge in [-0.25, -0.2) is 4.98 Å². The van der Waals surface area contributed by atoms with Crippen LogP contribution in [0.1, 0.15) is 12.2 Å². The first-order valence-corrected chi connectivity index (χ1v) is 7.51. The second-order valence-electron chi connectivity index (χ2n) is 4.72. The Morgan fingerprint density at radius 1 is 1.33 bits per heavy atom. The molecule has 0 saturated carbocycles. The number of nitriles is 1. The fourth-order valence-electron chi connectivity index (χ4n) is 2.38. The van der Waals surface area contributed by atoms with Gasteiger partial charge in [0.25, 0.3) is 5.56 Å². The van der Waals surface area contributed by atoms with Crippen molar-refractivity contribution in [2.75, 3.05) is 0 Å². The van der Waals surface area contributed by atoms with Gasteiger partial charge in [-0.15, -0.1) is 11.3 Å². The Bertz CT molecular complexity index is 888. The molecule has 0 aliphatic heterocycles. The summed E-state index contributed by atoms with van der Waals surface area (Å²) in [5.74, 6) is 0.657. The maximum atomic E-state index is 12.7. The molecule has 3 aromatic rings. The number of fused-ring (bicyclic) bond motifs is 1. The van der Waals surface area contributed by atoms with Crippen molar-refractivity contribution in [3.8, 4) is 17.2 Å². The quantitative estimate of drug-likeness (QED) is 0.744. The van der Waals surface area contributed by atoms with Gasteiger partial charge in [0.1, 0.15) is 10.7 Å². The summed E-state index contributed by atoms with van der Waals surface area (Å²) < 4.78 is 1.59. The van der Waals surface area contributed by atoms with Crippen molar-refractivity contribution in [1.29, 1.82) is 5.26 Å². The van der Waals surface area contributed by atoms with Gasteiger partial charge in [-0.05, 0) is 12.5 Å². The van der Waals surface area contributed by atoms with Crippen LogP contribution in [0.15, 0.2) is 40.5 Å². The van der Waals surface area contributed by atoms with Gasteiger partial charge in [0.2, 0.25) is 0 Å². The van der Waals surface area contributed by atoms with Crippen LogP contribution in [0.4, 0.5) is 0 Å². The predicted molar refractivity (Wildman–Crippen MR) is 84.3 cm³/mol. The SMILES string of the molecule is Cc1nc2scc(-c3ccccc3)c2c(=O)n1CCC#N. The lowest BCUT2D eigenvalue weighted by molar-refractivity contribution is 0.653. The molecule has 0 radical (unpaired) electrons. The van der Waals surface area contributed by atoms with Crippen molar-refractivity contribution < 1.29 is 0 Å². The van der Waals surface area contributed by atoms with E-state index in [1.54, 1.807) is 11.5 Å². The summed E-state index contributed by atoms with van der Waals surface area (Å²) in [6.07, 6.45) is 0.304. The van der Waals surface area contributed by atoms with E-state index in [4.69, 9.17) is 5.26 Å². The van der Waals surface area contributed by atoms with Gasteiger partial charge in [-0.2, -0.15) is 5.26 Å². The molecule has 2 heterocycles. The highest BCUT2D eigenvalue weighted by molar-refractivity contribution is 7.17. The van der Waals surface area contributed by atoms with E-state index in [0.717, 1.165) is 16.0 Å². The first kappa shape index (κ1) is 13.5. The summed E-state index contributed by atoms with van der Waals surface area (Å²) in [5, 5.41) is 11.4. The van der Waals surface area contributed by atoms with E-state index < -0.39 is 0 Å². The van der Waals surface area contributed by atoms with Crippen LogP contribution in [0.2, 0.25) is 0 Å². The van der Waals surface area contributed by atoms with Crippen molar-refractivity contribution in [1.82, 2.24) is 9.55 Å². The maximum Gasteiger partial charge on any atom is 0.262 e. The van der Waals surface area contributed by atoms with Crippen LogP contribution in [0, 0.1) is 18.3 Å². The minimum absolute atomic E-state index is 0.0622. The fourth-order valence-corrected chi connectivity index (χ4v) is 3.36. The molecule has 2 aromatic heterocycles. The summed E-state index contributed by atoms with van der Waals surface area (Å²) >= 11 is 1.48. The van der Waals surface area contributed by atoms with E-state index in [1.165, 1.54) is 11.3 Å². The third kappa shape index (κ3) is 2.34. The van der Waals surface area contributed by atoms with Crippen LogP contribution in [0.25, 0.3) is 21.3 Å². The smallest absolute Gasteiger partial charge is 0.262 e. The van der Waals surface area contributed by atoms with E-state index in [-0.39, 0.29) is 5.56 Å². The second-order valence-corrected chi connectivity index (χ2v) is 5.58. The van der Waals surface area contributed by atoms with Gasteiger partial charge < -0.3 is 0 Å². The molecule has 0 N–H and O–H groups in total. The lowest BCUT2D eigenvalue weighted by Crippen LogP contribution is -2.23. The van der Waals surface area contributed by atoms with Crippen LogP contribution in [0.3, 0.4) is 0 Å². The molecule has 1 aromatic carbocycles. The largest absolute Gasteiger partial charge is 0.295 e. The zero-order chi connectivity index (χ0) is 14.8. The van der Waals surface area contributed by atoms with Gasteiger partial charge in [0.15, 0.2) is 0 Å². The fraction of sp³-hybridized carbons (Fsp3) is 0.188. The van der Waals surface area contributed by atoms with Crippen molar-refractivity contribution in [2.45, 2.75) is 19.9 Å². The van der Waals surface area contributed by atoms with Crippen molar-refractivity contribution in [3.63, 3.8) is 0 Å². The minimum Gasteiger partial charge on any atom is -0.295 e. The van der Waals surface area contributed by atoms with E-state index in [2.05, 4.69) is 11.1 Å². The Kier molecular flexibility index (Phi) is 3.55. The summed E-state index contributed by atoms with van der Waals surface area (Å²) in [4.78, 5) is 18.0. The van der Waals surface area contributed by atoms with Crippen molar-refractivity contribution >= 4 is 21.6 Å². The van der Waals surface area contributed by atoms with Gasteiger partial charge in [-0.1, -0.05) is 30.3 Å². The molecule has 4 nitrogen and oxygen atoms in total. The first-order chi connectivity index (χ1) is 10.2. The second kappa shape index (κ2) is 5.51. The molecule has 0 amide bonds. The Hall–Kier alpha value is -2.45. The van der Waals surface area contributed by atoms with Gasteiger partial charge >= 0.3 is 0 Å². The first-order valence-electron chi connectivity index (χ1n) is 6.63. The van der Waals surface area contributed by atoms with Gasteiger partial charge in [0, 0.05) is 17.5 Å². The zero-order valence-corrected chi connectivity index (χ0v) is 12.4. The number of hydrogen-bond donors (Lipinski definition) is 0. The molecule has 0 unspecified atom stereocenters. The number of aryl methyl sites for hydroxylation is 1.